The molecule has 0 spiro atoms. The van der Waals surface area contributed by atoms with Crippen LogP contribution in [0.3, 0.4) is 0 Å². The Hall–Kier alpha value is 0.230. The molecule has 1 aliphatic carbocycles. The molecule has 0 aliphatic heterocycles. The van der Waals surface area contributed by atoms with Crippen molar-refractivity contribution in [2.75, 3.05) is 32.3 Å². The van der Waals surface area contributed by atoms with Gasteiger partial charge < -0.3 is 14.8 Å². The molecule has 1 aliphatic rings. The van der Waals surface area contributed by atoms with Gasteiger partial charge in [-0.25, -0.2) is 0 Å². The van der Waals surface area contributed by atoms with Gasteiger partial charge in [0.05, 0.1) is 12.2 Å². The molecule has 0 saturated heterocycles. The molecule has 3 unspecified atom stereocenters. The Balaban J connectivity index is 2.00. The van der Waals surface area contributed by atoms with Crippen molar-refractivity contribution in [3.05, 3.63) is 0 Å². The molecule has 0 heterocycles. The molecule has 1 fully saturated rings. The third-order valence-corrected chi connectivity index (χ3v) is 4.03. The lowest BCUT2D eigenvalue weighted by Crippen LogP contribution is -2.59. The van der Waals surface area contributed by atoms with Crippen molar-refractivity contribution in [2.24, 2.45) is 0 Å². The van der Waals surface area contributed by atoms with Gasteiger partial charge >= 0.3 is 0 Å². The largest absolute Gasteiger partial charge is 0.377 e. The van der Waals surface area contributed by atoms with Crippen LogP contribution in [0.25, 0.3) is 0 Å². The van der Waals surface area contributed by atoms with E-state index in [9.17, 15) is 0 Å². The highest BCUT2D eigenvalue weighted by molar-refractivity contribution is 7.98. The first-order chi connectivity index (χ1) is 8.33. The zero-order chi connectivity index (χ0) is 12.5. The van der Waals surface area contributed by atoms with Crippen LogP contribution in [-0.4, -0.2) is 50.5 Å². The van der Waals surface area contributed by atoms with Crippen LogP contribution in [0.2, 0.25) is 0 Å². The fourth-order valence-corrected chi connectivity index (χ4v) is 2.80. The Labute approximate surface area is 110 Å². The van der Waals surface area contributed by atoms with E-state index in [4.69, 9.17) is 9.47 Å². The predicted molar refractivity (Wildman–Crippen MR) is 74.9 cm³/mol. The van der Waals surface area contributed by atoms with Crippen molar-refractivity contribution in [3.8, 4) is 0 Å². The van der Waals surface area contributed by atoms with Gasteiger partial charge in [-0.3, -0.25) is 0 Å². The highest BCUT2D eigenvalue weighted by Gasteiger charge is 2.41. The van der Waals surface area contributed by atoms with Crippen molar-refractivity contribution < 1.29 is 9.47 Å². The third kappa shape index (κ3) is 5.16. The van der Waals surface area contributed by atoms with E-state index in [1.54, 1.807) is 7.11 Å². The summed E-state index contributed by atoms with van der Waals surface area (Å²) in [5.41, 5.74) is 0. The minimum atomic E-state index is 0.251. The zero-order valence-electron chi connectivity index (χ0n) is 11.4. The Bertz CT molecular complexity index is 192. The number of unbranched alkanes of at least 4 members (excludes halogenated alkanes) is 2. The van der Waals surface area contributed by atoms with Gasteiger partial charge in [-0.15, -0.1) is 0 Å². The van der Waals surface area contributed by atoms with E-state index in [2.05, 4.69) is 11.6 Å². The number of ether oxygens (including phenoxy) is 2. The lowest BCUT2D eigenvalue weighted by molar-refractivity contribution is -0.131. The number of hydrogen-bond acceptors (Lipinski definition) is 4. The highest BCUT2D eigenvalue weighted by Crippen LogP contribution is 2.26. The summed E-state index contributed by atoms with van der Waals surface area (Å²) in [6.45, 7) is 3.93. The second kappa shape index (κ2) is 9.20. The summed E-state index contributed by atoms with van der Waals surface area (Å²) in [7, 11) is 1.78. The van der Waals surface area contributed by atoms with Crippen molar-refractivity contribution in [2.45, 2.75) is 50.9 Å². The van der Waals surface area contributed by atoms with E-state index in [-0.39, 0.29) is 6.10 Å². The van der Waals surface area contributed by atoms with E-state index in [1.807, 2.05) is 18.7 Å². The number of rotatable bonds is 10. The molecule has 3 atom stereocenters. The molecule has 1 saturated carbocycles. The molecule has 0 aromatic rings. The van der Waals surface area contributed by atoms with Crippen LogP contribution in [0.1, 0.15) is 32.6 Å². The Morgan fingerprint density at radius 3 is 2.76 bits per heavy atom. The maximum Gasteiger partial charge on any atom is 0.0986 e. The SMILES string of the molecule is CCOC1CC(NCCCCCSC)C1OC. The fraction of sp³-hybridized carbons (Fsp3) is 1.00. The average molecular weight is 261 g/mol. The first-order valence-corrected chi connectivity index (χ1v) is 8.09. The fourth-order valence-electron chi connectivity index (χ4n) is 2.31. The first-order valence-electron chi connectivity index (χ1n) is 6.70. The molecule has 0 aromatic heterocycles. The van der Waals surface area contributed by atoms with Gasteiger partial charge in [0.15, 0.2) is 0 Å². The van der Waals surface area contributed by atoms with E-state index in [0.717, 1.165) is 19.6 Å². The normalized spacial score (nSPS) is 28.1. The lowest BCUT2D eigenvalue weighted by atomic mass is 9.85. The second-order valence-electron chi connectivity index (χ2n) is 4.54. The molecule has 4 heteroatoms. The molecule has 0 amide bonds. The molecule has 1 rings (SSSR count). The van der Waals surface area contributed by atoms with Crippen LogP contribution < -0.4 is 5.32 Å². The maximum absolute atomic E-state index is 5.60. The predicted octanol–water partition coefficient (Wildman–Crippen LogP) is 2.30. The molecule has 102 valence electrons. The van der Waals surface area contributed by atoms with Gasteiger partial charge in [0.1, 0.15) is 0 Å². The van der Waals surface area contributed by atoms with Crippen molar-refractivity contribution in [3.63, 3.8) is 0 Å². The van der Waals surface area contributed by atoms with Gasteiger partial charge in [-0.05, 0) is 44.7 Å². The molecule has 17 heavy (non-hydrogen) atoms. The molecule has 1 N–H and O–H groups in total. The number of hydrogen-bond donors (Lipinski definition) is 1. The standard InChI is InChI=1S/C13H27NO2S/c1-4-16-12-10-11(13(12)15-2)14-8-6-5-7-9-17-3/h11-14H,4-10H2,1-3H3. The number of nitrogens with one attached hydrogen (secondary N) is 1. The van der Waals surface area contributed by atoms with E-state index < -0.39 is 0 Å². The van der Waals surface area contributed by atoms with Gasteiger partial charge in [-0.1, -0.05) is 6.42 Å². The average Bonchev–Trinajstić information content (AvgIpc) is 2.31. The van der Waals surface area contributed by atoms with Gasteiger partial charge in [-0.2, -0.15) is 11.8 Å². The van der Waals surface area contributed by atoms with E-state index in [0.29, 0.717) is 12.1 Å². The van der Waals surface area contributed by atoms with Crippen molar-refractivity contribution in [1.82, 2.24) is 5.32 Å². The summed E-state index contributed by atoms with van der Waals surface area (Å²) < 4.78 is 11.1. The molecule has 0 aromatic carbocycles. The monoisotopic (exact) mass is 261 g/mol. The third-order valence-electron chi connectivity index (χ3n) is 3.33. The zero-order valence-corrected chi connectivity index (χ0v) is 12.2. The Kier molecular flexibility index (Phi) is 8.27. The Morgan fingerprint density at radius 1 is 1.29 bits per heavy atom. The van der Waals surface area contributed by atoms with Gasteiger partial charge in [0.2, 0.25) is 0 Å². The summed E-state index contributed by atoms with van der Waals surface area (Å²) >= 11 is 1.93. The molecular formula is C13H27NO2S. The smallest absolute Gasteiger partial charge is 0.0986 e. The highest BCUT2D eigenvalue weighted by atomic mass is 32.2. The topological polar surface area (TPSA) is 30.5 Å². The molecule has 3 nitrogen and oxygen atoms in total. The van der Waals surface area contributed by atoms with Gasteiger partial charge in [0.25, 0.3) is 0 Å². The van der Waals surface area contributed by atoms with Crippen LogP contribution in [0.5, 0.6) is 0 Å². The minimum Gasteiger partial charge on any atom is -0.377 e. The van der Waals surface area contributed by atoms with E-state index >= 15 is 0 Å². The molecule has 0 bridgehead atoms. The maximum atomic E-state index is 5.60. The summed E-state index contributed by atoms with van der Waals surface area (Å²) in [4.78, 5) is 0. The Morgan fingerprint density at radius 2 is 2.12 bits per heavy atom. The summed E-state index contributed by atoms with van der Waals surface area (Å²) in [5, 5.41) is 3.57. The number of methoxy groups -OCH3 is 1. The minimum absolute atomic E-state index is 0.251. The quantitative estimate of drug-likeness (QED) is 0.611. The van der Waals surface area contributed by atoms with Crippen molar-refractivity contribution in [1.29, 1.82) is 0 Å². The first kappa shape index (κ1) is 15.3. The van der Waals surface area contributed by atoms with E-state index in [1.165, 1.54) is 25.0 Å². The molecule has 0 radical (unpaired) electrons. The summed E-state index contributed by atoms with van der Waals surface area (Å²) in [5.74, 6) is 1.29. The second-order valence-corrected chi connectivity index (χ2v) is 5.53. The lowest BCUT2D eigenvalue weighted by Gasteiger charge is -2.43. The van der Waals surface area contributed by atoms with Crippen LogP contribution in [0.4, 0.5) is 0 Å². The number of thioether (sulfide) groups is 1. The summed E-state index contributed by atoms with van der Waals surface area (Å²) in [6.07, 6.45) is 7.75. The van der Waals surface area contributed by atoms with Crippen LogP contribution in [0.15, 0.2) is 0 Å². The summed E-state index contributed by atoms with van der Waals surface area (Å²) in [6, 6.07) is 0.497. The molecular weight excluding hydrogens is 234 g/mol. The van der Waals surface area contributed by atoms with Crippen LogP contribution in [0, 0.1) is 0 Å². The van der Waals surface area contributed by atoms with Crippen LogP contribution >= 0.6 is 11.8 Å². The van der Waals surface area contributed by atoms with Crippen LogP contribution in [-0.2, 0) is 9.47 Å². The van der Waals surface area contributed by atoms with Crippen molar-refractivity contribution >= 4 is 11.8 Å². The van der Waals surface area contributed by atoms with Gasteiger partial charge in [0, 0.05) is 19.8 Å².